The van der Waals surface area contributed by atoms with Crippen molar-refractivity contribution >= 4 is 11.7 Å². The van der Waals surface area contributed by atoms with Gasteiger partial charge in [0.2, 0.25) is 0 Å². The molecule has 132 valence electrons. The second kappa shape index (κ2) is 8.67. The smallest absolute Gasteiger partial charge is 0.266 e. The lowest BCUT2D eigenvalue weighted by atomic mass is 10.2. The predicted octanol–water partition coefficient (Wildman–Crippen LogP) is 4.07. The molecule has 0 spiro atoms. The molecule has 0 saturated heterocycles. The van der Waals surface area contributed by atoms with Crippen LogP contribution in [0.2, 0.25) is 0 Å². The molecule has 0 radical (unpaired) electrons. The SMILES string of the molecule is C[C@@H](Oc1ccccc1)C(=O)Nc1ncccc1OCc1ccccc1. The van der Waals surface area contributed by atoms with Crippen LogP contribution in [0.5, 0.6) is 11.5 Å². The van der Waals surface area contributed by atoms with Crippen molar-refractivity contribution in [2.45, 2.75) is 19.6 Å². The number of carbonyl (C=O) groups excluding carboxylic acids is 1. The highest BCUT2D eigenvalue weighted by atomic mass is 16.5. The molecule has 1 atom stereocenters. The third-order valence-corrected chi connectivity index (χ3v) is 3.67. The van der Waals surface area contributed by atoms with Crippen LogP contribution in [-0.4, -0.2) is 17.0 Å². The topological polar surface area (TPSA) is 60.5 Å². The van der Waals surface area contributed by atoms with E-state index in [1.54, 1.807) is 37.4 Å². The summed E-state index contributed by atoms with van der Waals surface area (Å²) in [5.74, 6) is 1.22. The van der Waals surface area contributed by atoms with E-state index < -0.39 is 6.10 Å². The molecule has 0 aliphatic carbocycles. The van der Waals surface area contributed by atoms with Crippen LogP contribution in [0.3, 0.4) is 0 Å². The monoisotopic (exact) mass is 348 g/mol. The summed E-state index contributed by atoms with van der Waals surface area (Å²) in [5, 5.41) is 2.77. The highest BCUT2D eigenvalue weighted by Gasteiger charge is 2.17. The van der Waals surface area contributed by atoms with E-state index in [-0.39, 0.29) is 5.91 Å². The van der Waals surface area contributed by atoms with Gasteiger partial charge < -0.3 is 14.8 Å². The van der Waals surface area contributed by atoms with Crippen molar-refractivity contribution in [3.05, 3.63) is 84.6 Å². The first-order valence-corrected chi connectivity index (χ1v) is 8.36. The number of ether oxygens (including phenoxy) is 2. The molecule has 0 bridgehead atoms. The fourth-order valence-corrected chi connectivity index (χ4v) is 2.31. The van der Waals surface area contributed by atoms with Crippen LogP contribution in [-0.2, 0) is 11.4 Å². The Kier molecular flexibility index (Phi) is 5.83. The van der Waals surface area contributed by atoms with Gasteiger partial charge in [0, 0.05) is 6.20 Å². The van der Waals surface area contributed by atoms with Gasteiger partial charge in [0.15, 0.2) is 17.7 Å². The predicted molar refractivity (Wildman–Crippen MR) is 100 cm³/mol. The number of hydrogen-bond donors (Lipinski definition) is 1. The van der Waals surface area contributed by atoms with Gasteiger partial charge >= 0.3 is 0 Å². The third-order valence-electron chi connectivity index (χ3n) is 3.67. The van der Waals surface area contributed by atoms with Crippen molar-refractivity contribution in [1.29, 1.82) is 0 Å². The molecule has 5 nitrogen and oxygen atoms in total. The molecule has 5 heteroatoms. The van der Waals surface area contributed by atoms with Gasteiger partial charge in [-0.1, -0.05) is 48.5 Å². The van der Waals surface area contributed by atoms with Gasteiger partial charge in [0.25, 0.3) is 5.91 Å². The number of para-hydroxylation sites is 1. The second-order valence-electron chi connectivity index (χ2n) is 5.69. The van der Waals surface area contributed by atoms with Crippen LogP contribution in [0.15, 0.2) is 79.0 Å². The van der Waals surface area contributed by atoms with Crippen LogP contribution in [0.4, 0.5) is 5.82 Å². The van der Waals surface area contributed by atoms with Gasteiger partial charge in [-0.2, -0.15) is 0 Å². The van der Waals surface area contributed by atoms with Crippen LogP contribution >= 0.6 is 0 Å². The van der Waals surface area contributed by atoms with Crippen molar-refractivity contribution in [3.8, 4) is 11.5 Å². The van der Waals surface area contributed by atoms with Crippen molar-refractivity contribution < 1.29 is 14.3 Å². The Morgan fingerprint density at radius 1 is 1.00 bits per heavy atom. The quantitative estimate of drug-likeness (QED) is 0.699. The van der Waals surface area contributed by atoms with Gasteiger partial charge in [-0.15, -0.1) is 0 Å². The molecule has 0 aliphatic heterocycles. The Labute approximate surface area is 152 Å². The number of aromatic nitrogens is 1. The number of rotatable bonds is 7. The molecule has 1 amide bonds. The third kappa shape index (κ3) is 4.83. The van der Waals surface area contributed by atoms with Crippen LogP contribution in [0.25, 0.3) is 0 Å². The Morgan fingerprint density at radius 3 is 2.42 bits per heavy atom. The molecule has 26 heavy (non-hydrogen) atoms. The van der Waals surface area contributed by atoms with Gasteiger partial charge in [0.05, 0.1) is 0 Å². The first-order valence-electron chi connectivity index (χ1n) is 8.36. The average Bonchev–Trinajstić information content (AvgIpc) is 2.69. The highest BCUT2D eigenvalue weighted by molar-refractivity contribution is 5.94. The molecule has 0 saturated carbocycles. The second-order valence-corrected chi connectivity index (χ2v) is 5.69. The first-order chi connectivity index (χ1) is 12.7. The zero-order valence-corrected chi connectivity index (χ0v) is 14.5. The van der Waals surface area contributed by atoms with E-state index in [0.29, 0.717) is 23.9 Å². The molecule has 3 rings (SSSR count). The zero-order chi connectivity index (χ0) is 18.2. The summed E-state index contributed by atoms with van der Waals surface area (Å²) in [4.78, 5) is 16.6. The van der Waals surface area contributed by atoms with E-state index in [0.717, 1.165) is 5.56 Å². The number of nitrogens with one attached hydrogen (secondary N) is 1. The number of benzene rings is 2. The lowest BCUT2D eigenvalue weighted by Crippen LogP contribution is -2.30. The molecule has 3 aromatic rings. The summed E-state index contributed by atoms with van der Waals surface area (Å²) >= 11 is 0. The first kappa shape index (κ1) is 17.5. The van der Waals surface area contributed by atoms with Crippen molar-refractivity contribution in [2.24, 2.45) is 0 Å². The molecule has 1 N–H and O–H groups in total. The minimum absolute atomic E-state index is 0.294. The number of carbonyl (C=O) groups is 1. The maximum atomic E-state index is 12.4. The summed E-state index contributed by atoms with van der Waals surface area (Å²) in [7, 11) is 0. The van der Waals surface area contributed by atoms with E-state index in [1.807, 2.05) is 48.5 Å². The molecular formula is C21H20N2O3. The number of anilines is 1. The summed E-state index contributed by atoms with van der Waals surface area (Å²) in [5.41, 5.74) is 1.04. The van der Waals surface area contributed by atoms with Gasteiger partial charge in [-0.25, -0.2) is 4.98 Å². The minimum Gasteiger partial charge on any atom is -0.485 e. The lowest BCUT2D eigenvalue weighted by molar-refractivity contribution is -0.122. The maximum absolute atomic E-state index is 12.4. The van der Waals surface area contributed by atoms with Crippen LogP contribution < -0.4 is 14.8 Å². The normalized spacial score (nSPS) is 11.4. The summed E-state index contributed by atoms with van der Waals surface area (Å²) in [6.45, 7) is 2.08. The van der Waals surface area contributed by atoms with Gasteiger partial charge in [0.1, 0.15) is 12.4 Å². The molecule has 0 unspecified atom stereocenters. The van der Waals surface area contributed by atoms with Gasteiger partial charge in [-0.3, -0.25) is 4.79 Å². The van der Waals surface area contributed by atoms with E-state index in [9.17, 15) is 4.79 Å². The largest absolute Gasteiger partial charge is 0.485 e. The Balaban J connectivity index is 1.63. The highest BCUT2D eigenvalue weighted by Crippen LogP contribution is 2.22. The molecule has 0 aliphatic rings. The van der Waals surface area contributed by atoms with E-state index >= 15 is 0 Å². The van der Waals surface area contributed by atoms with Crippen molar-refractivity contribution in [2.75, 3.05) is 5.32 Å². The summed E-state index contributed by atoms with van der Waals surface area (Å²) in [6, 6.07) is 22.6. The molecule has 0 fully saturated rings. The Hall–Kier alpha value is -3.34. The van der Waals surface area contributed by atoms with E-state index in [4.69, 9.17) is 9.47 Å². The molecule has 1 aromatic heterocycles. The summed E-state index contributed by atoms with van der Waals surface area (Å²) < 4.78 is 11.4. The molecule has 1 heterocycles. The van der Waals surface area contributed by atoms with Crippen molar-refractivity contribution in [3.63, 3.8) is 0 Å². The number of hydrogen-bond acceptors (Lipinski definition) is 4. The lowest BCUT2D eigenvalue weighted by Gasteiger charge is -2.16. The number of pyridine rings is 1. The van der Waals surface area contributed by atoms with E-state index in [1.165, 1.54) is 0 Å². The standard InChI is InChI=1S/C21H20N2O3/c1-16(26-18-11-6-3-7-12-18)21(24)23-20-19(13-8-14-22-20)25-15-17-9-4-2-5-10-17/h2-14,16H,15H2,1H3,(H,22,23,24)/t16-/m1/s1. The number of nitrogens with zero attached hydrogens (tertiary/aromatic N) is 1. The molecule has 2 aromatic carbocycles. The maximum Gasteiger partial charge on any atom is 0.266 e. The van der Waals surface area contributed by atoms with Crippen LogP contribution in [0, 0.1) is 0 Å². The fraction of sp³-hybridized carbons (Fsp3) is 0.143. The average molecular weight is 348 g/mol. The zero-order valence-electron chi connectivity index (χ0n) is 14.5. The fourth-order valence-electron chi connectivity index (χ4n) is 2.31. The Morgan fingerprint density at radius 2 is 1.69 bits per heavy atom. The molecular weight excluding hydrogens is 328 g/mol. The van der Waals surface area contributed by atoms with Gasteiger partial charge in [-0.05, 0) is 36.8 Å². The minimum atomic E-state index is -0.665. The Bertz CT molecular complexity index is 838. The number of amides is 1. The van der Waals surface area contributed by atoms with Crippen LogP contribution in [0.1, 0.15) is 12.5 Å². The summed E-state index contributed by atoms with van der Waals surface area (Å²) in [6.07, 6.45) is 0.939. The van der Waals surface area contributed by atoms with E-state index in [2.05, 4.69) is 10.3 Å². The van der Waals surface area contributed by atoms with Crippen molar-refractivity contribution in [1.82, 2.24) is 4.98 Å².